The van der Waals surface area contributed by atoms with Gasteiger partial charge in [0.15, 0.2) is 11.6 Å². The van der Waals surface area contributed by atoms with Crippen molar-refractivity contribution in [2.75, 3.05) is 0 Å². The van der Waals surface area contributed by atoms with E-state index in [0.717, 1.165) is 12.0 Å². The van der Waals surface area contributed by atoms with Crippen LogP contribution in [0.4, 0.5) is 0 Å². The maximum absolute atomic E-state index is 12.7. The fraction of sp³-hybridized carbons (Fsp3) is 0.538. The summed E-state index contributed by atoms with van der Waals surface area (Å²) in [6.45, 7) is 17.4. The van der Waals surface area contributed by atoms with Crippen LogP contribution in [-0.4, -0.2) is 11.6 Å². The quantitative estimate of drug-likeness (QED) is 0.423. The summed E-state index contributed by atoms with van der Waals surface area (Å²) in [6.07, 6.45) is 12.8. The zero-order valence-corrected chi connectivity index (χ0v) is 18.3. The molecule has 0 aromatic heterocycles. The Morgan fingerprint density at radius 1 is 1.29 bits per heavy atom. The molecule has 0 spiro atoms. The van der Waals surface area contributed by atoms with E-state index in [1.54, 1.807) is 6.08 Å². The fourth-order valence-electron chi connectivity index (χ4n) is 6.72. The molecule has 28 heavy (non-hydrogen) atoms. The molecule has 0 aromatic carbocycles. The lowest BCUT2D eigenvalue weighted by Crippen LogP contribution is -2.51. The number of carbonyl (C=O) groups excluding carboxylic acids is 2. The van der Waals surface area contributed by atoms with E-state index in [1.165, 1.54) is 16.7 Å². The number of fused-ring (bicyclic) bond motifs is 2. The molecule has 0 saturated heterocycles. The second-order valence-corrected chi connectivity index (χ2v) is 9.70. The van der Waals surface area contributed by atoms with Crippen molar-refractivity contribution in [1.29, 1.82) is 0 Å². The Balaban J connectivity index is 2.12. The summed E-state index contributed by atoms with van der Waals surface area (Å²) < 4.78 is 0. The van der Waals surface area contributed by atoms with Gasteiger partial charge in [-0.3, -0.25) is 9.59 Å². The lowest BCUT2D eigenvalue weighted by molar-refractivity contribution is -0.117. The van der Waals surface area contributed by atoms with Crippen molar-refractivity contribution in [2.45, 2.75) is 60.8 Å². The minimum Gasteiger partial charge on any atom is -0.295 e. The normalized spacial score (nSPS) is 37.6. The molecule has 0 aliphatic heterocycles. The van der Waals surface area contributed by atoms with E-state index in [1.807, 2.05) is 13.0 Å². The molecule has 2 bridgehead atoms. The number of carbonyl (C=O) groups is 2. The first-order valence-corrected chi connectivity index (χ1v) is 10.5. The third-order valence-electron chi connectivity index (χ3n) is 7.06. The van der Waals surface area contributed by atoms with E-state index in [0.29, 0.717) is 12.8 Å². The molecule has 2 heteroatoms. The van der Waals surface area contributed by atoms with Crippen molar-refractivity contribution in [1.82, 2.24) is 0 Å². The molecule has 0 N–H and O–H groups in total. The zero-order chi connectivity index (χ0) is 20.9. The standard InChI is InChI=1S/C26H34O2/c1-8-22(28)19(5)24-25(6)13-16(2)14-26(24,7)23(18(4)15-25)17(3)11-20-9-10-21(27)12-20/h9-11,14-15,20,23-24H,5,8,12-13H2,1-4,6-7H3/b17-11-/t20-,23-,24+,25-,26-/m0/s1. The average Bonchev–Trinajstić information content (AvgIpc) is 2.96. The van der Waals surface area contributed by atoms with Crippen LogP contribution in [0, 0.1) is 28.6 Å². The monoisotopic (exact) mass is 378 g/mol. The van der Waals surface area contributed by atoms with Crippen LogP contribution in [-0.2, 0) is 9.59 Å². The smallest absolute Gasteiger partial charge is 0.158 e. The fourth-order valence-corrected chi connectivity index (χ4v) is 6.72. The highest BCUT2D eigenvalue weighted by Crippen LogP contribution is 2.63. The molecule has 2 nitrogen and oxygen atoms in total. The van der Waals surface area contributed by atoms with Crippen LogP contribution >= 0.6 is 0 Å². The molecule has 0 unspecified atom stereocenters. The highest BCUT2D eigenvalue weighted by Gasteiger charge is 2.56. The van der Waals surface area contributed by atoms with Crippen LogP contribution in [0.25, 0.3) is 0 Å². The minimum atomic E-state index is -0.190. The Labute approximate surface area is 170 Å². The molecule has 3 aliphatic rings. The number of hydrogen-bond acceptors (Lipinski definition) is 2. The summed E-state index contributed by atoms with van der Waals surface area (Å²) in [7, 11) is 0. The van der Waals surface area contributed by atoms with Crippen molar-refractivity contribution in [3.05, 3.63) is 59.3 Å². The van der Waals surface area contributed by atoms with Gasteiger partial charge in [0.05, 0.1) is 0 Å². The van der Waals surface area contributed by atoms with Gasteiger partial charge in [0.1, 0.15) is 0 Å². The van der Waals surface area contributed by atoms with E-state index >= 15 is 0 Å². The average molecular weight is 379 g/mol. The third-order valence-corrected chi connectivity index (χ3v) is 7.06. The van der Waals surface area contributed by atoms with Gasteiger partial charge >= 0.3 is 0 Å². The van der Waals surface area contributed by atoms with Gasteiger partial charge in [-0.2, -0.15) is 0 Å². The molecule has 0 amide bonds. The topological polar surface area (TPSA) is 34.1 Å². The predicted molar refractivity (Wildman–Crippen MR) is 116 cm³/mol. The van der Waals surface area contributed by atoms with Gasteiger partial charge in [-0.15, -0.1) is 0 Å². The number of hydrogen-bond donors (Lipinski definition) is 0. The van der Waals surface area contributed by atoms with Crippen molar-refractivity contribution in [2.24, 2.45) is 28.6 Å². The molecule has 0 radical (unpaired) electrons. The van der Waals surface area contributed by atoms with Gasteiger partial charge < -0.3 is 0 Å². The Kier molecular flexibility index (Phi) is 5.29. The van der Waals surface area contributed by atoms with E-state index in [2.05, 4.69) is 59.4 Å². The summed E-state index contributed by atoms with van der Waals surface area (Å²) in [5.74, 6) is 0.870. The predicted octanol–water partition coefficient (Wildman–Crippen LogP) is 6.17. The summed E-state index contributed by atoms with van der Waals surface area (Å²) in [5, 5.41) is 0. The number of rotatable bonds is 5. The molecule has 0 fully saturated rings. The Bertz CT molecular complexity index is 850. The summed E-state index contributed by atoms with van der Waals surface area (Å²) in [6, 6.07) is 0. The first-order chi connectivity index (χ1) is 13.0. The lowest BCUT2D eigenvalue weighted by atomic mass is 9.46. The molecular weight excluding hydrogens is 344 g/mol. The first kappa shape index (κ1) is 20.8. The highest BCUT2D eigenvalue weighted by molar-refractivity contribution is 5.95. The zero-order valence-electron chi connectivity index (χ0n) is 18.3. The summed E-state index contributed by atoms with van der Waals surface area (Å²) in [5.41, 5.74) is 4.54. The first-order valence-electron chi connectivity index (χ1n) is 10.5. The van der Waals surface area contributed by atoms with Crippen LogP contribution < -0.4 is 0 Å². The maximum Gasteiger partial charge on any atom is 0.158 e. The molecule has 150 valence electrons. The molecule has 0 heterocycles. The Morgan fingerprint density at radius 3 is 2.54 bits per heavy atom. The van der Waals surface area contributed by atoms with E-state index < -0.39 is 0 Å². The second-order valence-electron chi connectivity index (χ2n) is 9.70. The van der Waals surface area contributed by atoms with Gasteiger partial charge in [-0.05, 0) is 44.3 Å². The largest absolute Gasteiger partial charge is 0.295 e. The highest BCUT2D eigenvalue weighted by atomic mass is 16.1. The van der Waals surface area contributed by atoms with Gasteiger partial charge in [-0.25, -0.2) is 0 Å². The lowest BCUT2D eigenvalue weighted by Gasteiger charge is -2.57. The van der Waals surface area contributed by atoms with Crippen molar-refractivity contribution < 1.29 is 9.59 Å². The Hall–Kier alpha value is -1.96. The third kappa shape index (κ3) is 3.32. The van der Waals surface area contributed by atoms with Gasteiger partial charge in [0, 0.05) is 36.0 Å². The Morgan fingerprint density at radius 2 is 1.96 bits per heavy atom. The van der Waals surface area contributed by atoms with Crippen LogP contribution in [0.1, 0.15) is 60.8 Å². The van der Waals surface area contributed by atoms with E-state index in [-0.39, 0.29) is 40.2 Å². The second kappa shape index (κ2) is 7.13. The van der Waals surface area contributed by atoms with Crippen molar-refractivity contribution in [3.63, 3.8) is 0 Å². The summed E-state index contributed by atoms with van der Waals surface area (Å²) in [4.78, 5) is 24.3. The van der Waals surface area contributed by atoms with E-state index in [4.69, 9.17) is 0 Å². The molecule has 5 atom stereocenters. The van der Waals surface area contributed by atoms with Crippen LogP contribution in [0.15, 0.2) is 59.3 Å². The molecule has 3 aliphatic carbocycles. The van der Waals surface area contributed by atoms with Crippen LogP contribution in [0.5, 0.6) is 0 Å². The maximum atomic E-state index is 12.7. The molecule has 0 aromatic rings. The van der Waals surface area contributed by atoms with Crippen LogP contribution in [0.2, 0.25) is 0 Å². The van der Waals surface area contributed by atoms with Gasteiger partial charge in [-0.1, -0.05) is 68.4 Å². The summed E-state index contributed by atoms with van der Waals surface area (Å²) >= 11 is 0. The number of Topliss-reactive ketones (excluding diaryl/α,β-unsaturated/α-hetero) is 1. The molecular formula is C26H34O2. The SMILES string of the molecule is C=C(C(=O)CC)[C@H]1[C@@]2(C)C=C(C)C[C@@]1(C)C=C(C)[C@@H]2/C(C)=C\[C@@H]1C=CC(=O)C1. The minimum absolute atomic E-state index is 0.0837. The number of ketones is 2. The van der Waals surface area contributed by atoms with E-state index in [9.17, 15) is 9.59 Å². The van der Waals surface area contributed by atoms with Crippen molar-refractivity contribution in [3.8, 4) is 0 Å². The van der Waals surface area contributed by atoms with Gasteiger partial charge in [0.25, 0.3) is 0 Å². The van der Waals surface area contributed by atoms with Crippen LogP contribution in [0.3, 0.4) is 0 Å². The van der Waals surface area contributed by atoms with Gasteiger partial charge in [0.2, 0.25) is 0 Å². The molecule has 0 saturated carbocycles. The number of allylic oxidation sites excluding steroid dienone is 9. The molecule has 3 rings (SSSR count). The van der Waals surface area contributed by atoms with Crippen molar-refractivity contribution >= 4 is 11.6 Å².